The maximum absolute atomic E-state index is 13.1. The van der Waals surface area contributed by atoms with Gasteiger partial charge >= 0.3 is 6.09 Å². The van der Waals surface area contributed by atoms with E-state index in [9.17, 15) is 19.8 Å². The molecule has 2 aromatic heterocycles. The summed E-state index contributed by atoms with van der Waals surface area (Å²) >= 11 is 1.57. The third-order valence-corrected chi connectivity index (χ3v) is 10.1. The number of aliphatic hydroxyl groups is 1. The number of pyridine rings is 1. The Kier molecular flexibility index (Phi) is 13.4. The predicted octanol–water partition coefficient (Wildman–Crippen LogP) is 7.03. The lowest BCUT2D eigenvalue weighted by Gasteiger charge is -2.30. The number of amides is 1. The summed E-state index contributed by atoms with van der Waals surface area (Å²) in [6, 6.07) is 14.0. The molecule has 0 saturated carbocycles. The first-order valence-corrected chi connectivity index (χ1v) is 18.2. The van der Waals surface area contributed by atoms with Crippen LogP contribution in [0.25, 0.3) is 21.5 Å². The fourth-order valence-corrected chi connectivity index (χ4v) is 7.35. The molecule has 0 aliphatic carbocycles. The Labute approximate surface area is 286 Å². The van der Waals surface area contributed by atoms with E-state index in [0.717, 1.165) is 99.4 Å². The van der Waals surface area contributed by atoms with E-state index in [4.69, 9.17) is 4.74 Å². The molecule has 4 aromatic rings. The van der Waals surface area contributed by atoms with Gasteiger partial charge in [0, 0.05) is 34.6 Å². The first-order valence-electron chi connectivity index (χ1n) is 17.3. The molecule has 0 radical (unpaired) electrons. The normalized spacial score (nSPS) is 15.0. The van der Waals surface area contributed by atoms with Crippen molar-refractivity contribution in [3.63, 3.8) is 0 Å². The molecule has 2 atom stereocenters. The van der Waals surface area contributed by atoms with Crippen molar-refractivity contribution in [2.24, 2.45) is 5.92 Å². The number of ether oxygens (including phenoxy) is 1. The summed E-state index contributed by atoms with van der Waals surface area (Å²) in [6.45, 7) is 5.10. The molecule has 1 amide bonds. The number of phenolic OH excluding ortho intramolecular Hbond substituents is 1. The van der Waals surface area contributed by atoms with Crippen molar-refractivity contribution in [2.75, 3.05) is 31.5 Å². The van der Waals surface area contributed by atoms with Gasteiger partial charge in [0.2, 0.25) is 5.56 Å². The monoisotopic (exact) mass is 675 g/mol. The maximum Gasteiger partial charge on any atom is 0.411 e. The number of anilines is 1. The molecular weight excluding hydrogens is 627 g/mol. The molecule has 6 N–H and O–H groups in total. The summed E-state index contributed by atoms with van der Waals surface area (Å²) in [6.07, 6.45) is 9.49. The van der Waals surface area contributed by atoms with Crippen molar-refractivity contribution in [2.45, 2.75) is 83.3 Å². The van der Waals surface area contributed by atoms with Gasteiger partial charge in [-0.2, -0.15) is 0 Å². The smallest absolute Gasteiger partial charge is 0.411 e. The van der Waals surface area contributed by atoms with E-state index in [2.05, 4.69) is 25.9 Å². The van der Waals surface area contributed by atoms with Crippen molar-refractivity contribution >= 4 is 34.0 Å². The number of phenols is 1. The van der Waals surface area contributed by atoms with Crippen molar-refractivity contribution in [1.29, 1.82) is 0 Å². The number of hydrogen-bond acceptors (Lipinski definition) is 9. The molecule has 1 saturated heterocycles. The summed E-state index contributed by atoms with van der Waals surface area (Å²) in [5.41, 5.74) is 3.31. The zero-order chi connectivity index (χ0) is 33.7. The Balaban J connectivity index is 0.979. The van der Waals surface area contributed by atoms with Gasteiger partial charge in [0.1, 0.15) is 16.9 Å². The van der Waals surface area contributed by atoms with Crippen LogP contribution in [0.15, 0.2) is 58.7 Å². The number of piperidine rings is 1. The number of hydrogen-bond donors (Lipinski definition) is 6. The Morgan fingerprint density at radius 1 is 1.02 bits per heavy atom. The van der Waals surface area contributed by atoms with Gasteiger partial charge in [-0.15, -0.1) is 11.3 Å². The molecule has 0 spiro atoms. The van der Waals surface area contributed by atoms with Gasteiger partial charge in [-0.1, -0.05) is 50.3 Å². The van der Waals surface area contributed by atoms with Gasteiger partial charge < -0.3 is 30.6 Å². The number of aromatic amines is 1. The minimum absolute atomic E-state index is 0.00964. The fraction of sp³-hybridized carbons (Fsp3) is 0.486. The van der Waals surface area contributed by atoms with Crippen LogP contribution in [0.1, 0.15) is 81.6 Å². The van der Waals surface area contributed by atoms with Crippen LogP contribution in [0.4, 0.5) is 10.5 Å². The van der Waals surface area contributed by atoms with Crippen molar-refractivity contribution in [3.8, 4) is 16.3 Å². The Hall–Kier alpha value is -3.77. The summed E-state index contributed by atoms with van der Waals surface area (Å²) in [5, 5.41) is 34.1. The number of unbranched alkanes of at least 4 members (excludes halogenated alkanes) is 6. The number of benzene rings is 2. The van der Waals surface area contributed by atoms with E-state index in [-0.39, 0.29) is 17.4 Å². The largest absolute Gasteiger partial charge is 0.506 e. The van der Waals surface area contributed by atoms with Gasteiger partial charge in [-0.05, 0) is 94.4 Å². The number of aryl methyl sites for hydroxylation is 1. The number of aromatic hydroxyl groups is 1. The number of nitrogens with one attached hydrogen (secondary N) is 4. The Morgan fingerprint density at radius 2 is 1.77 bits per heavy atom. The molecule has 2 aromatic carbocycles. The zero-order valence-electron chi connectivity index (χ0n) is 27.8. The number of H-pyrrole nitrogens is 1. The highest BCUT2D eigenvalue weighted by Crippen LogP contribution is 2.32. The van der Waals surface area contributed by atoms with E-state index < -0.39 is 12.2 Å². The minimum Gasteiger partial charge on any atom is -0.506 e. The quantitative estimate of drug-likeness (QED) is 0.0654. The molecule has 3 heterocycles. The van der Waals surface area contributed by atoms with Crippen molar-refractivity contribution < 1.29 is 19.7 Å². The summed E-state index contributed by atoms with van der Waals surface area (Å²) < 4.78 is 6.10. The number of aromatic nitrogens is 2. The van der Waals surface area contributed by atoms with Crippen LogP contribution < -0.4 is 21.5 Å². The van der Waals surface area contributed by atoms with E-state index in [1.165, 1.54) is 18.6 Å². The lowest BCUT2D eigenvalue weighted by Crippen LogP contribution is -2.37. The Bertz CT molecular complexity index is 1670. The summed E-state index contributed by atoms with van der Waals surface area (Å²) in [7, 11) is 0. The number of fused-ring (bicyclic) bond motifs is 1. The molecule has 11 heteroatoms. The minimum atomic E-state index is -0.744. The van der Waals surface area contributed by atoms with Gasteiger partial charge in [0.15, 0.2) is 0 Å². The van der Waals surface area contributed by atoms with Crippen LogP contribution in [0.3, 0.4) is 0 Å². The highest BCUT2D eigenvalue weighted by molar-refractivity contribution is 7.13. The molecule has 258 valence electrons. The Morgan fingerprint density at radius 3 is 2.54 bits per heavy atom. The third kappa shape index (κ3) is 10.1. The SMILES string of the molecule is Cc1csc(-c2ccccc2NC(=O)OC(CCCCCCCCCNC[C@H](O)c2ccc(O)c3[nH]c(=O)ccc23)C2CCNCC2)n1. The molecule has 1 aliphatic rings. The van der Waals surface area contributed by atoms with E-state index >= 15 is 0 Å². The van der Waals surface area contributed by atoms with Crippen LogP contribution >= 0.6 is 11.3 Å². The molecule has 10 nitrogen and oxygen atoms in total. The number of rotatable bonds is 17. The first kappa shape index (κ1) is 35.5. The number of para-hydroxylation sites is 1. The predicted molar refractivity (Wildman–Crippen MR) is 193 cm³/mol. The lowest BCUT2D eigenvalue weighted by atomic mass is 9.89. The fourth-order valence-electron chi connectivity index (χ4n) is 6.52. The van der Waals surface area contributed by atoms with E-state index in [1.807, 2.05) is 36.6 Å². The zero-order valence-corrected chi connectivity index (χ0v) is 28.6. The average Bonchev–Trinajstić information content (AvgIpc) is 3.53. The van der Waals surface area contributed by atoms with Crippen LogP contribution in [0, 0.1) is 12.8 Å². The van der Waals surface area contributed by atoms with Gasteiger partial charge in [0.05, 0.1) is 17.3 Å². The van der Waals surface area contributed by atoms with Gasteiger partial charge in [-0.3, -0.25) is 10.1 Å². The van der Waals surface area contributed by atoms with Crippen molar-refractivity contribution in [1.82, 2.24) is 20.6 Å². The first-order chi connectivity index (χ1) is 23.4. The second-order valence-electron chi connectivity index (χ2n) is 12.8. The summed E-state index contributed by atoms with van der Waals surface area (Å²) in [4.78, 5) is 32.0. The molecule has 1 unspecified atom stereocenters. The number of carbonyl (C=O) groups excluding carboxylic acids is 1. The highest BCUT2D eigenvalue weighted by Gasteiger charge is 2.27. The number of aliphatic hydroxyl groups excluding tert-OH is 1. The lowest BCUT2D eigenvalue weighted by molar-refractivity contribution is 0.0523. The van der Waals surface area contributed by atoms with E-state index in [0.29, 0.717) is 28.9 Å². The van der Waals surface area contributed by atoms with Crippen LogP contribution in [0.2, 0.25) is 0 Å². The topological polar surface area (TPSA) is 149 Å². The molecule has 5 rings (SSSR count). The third-order valence-electron chi connectivity index (χ3n) is 9.13. The molecule has 0 bridgehead atoms. The average molecular weight is 676 g/mol. The van der Waals surface area contributed by atoms with E-state index in [1.54, 1.807) is 23.5 Å². The van der Waals surface area contributed by atoms with Crippen LogP contribution in [-0.4, -0.2) is 58.6 Å². The second-order valence-corrected chi connectivity index (χ2v) is 13.6. The second kappa shape index (κ2) is 18.1. The highest BCUT2D eigenvalue weighted by atomic mass is 32.1. The standard InChI is InChI=1S/C37H49N5O5S/c1-25-24-48-36(40-25)29-11-8-9-12-30(29)41-37(46)47-33(26-18-21-38-22-19-26)13-7-5-3-2-4-6-10-20-39-23-32(44)27-14-16-31(43)35-28(27)15-17-34(45)42-35/h8-9,11-12,14-17,24,26,32-33,38-39,43-44H,2-7,10,13,18-23H2,1H3,(H,41,46)(H,42,45)/t32-,33?/m0/s1. The number of thiazole rings is 1. The molecular formula is C37H49N5O5S. The number of carbonyl (C=O) groups is 1. The maximum atomic E-state index is 13.1. The number of nitrogens with zero attached hydrogens (tertiary/aromatic N) is 1. The molecule has 1 aliphatic heterocycles. The van der Waals surface area contributed by atoms with Gasteiger partial charge in [-0.25, -0.2) is 9.78 Å². The summed E-state index contributed by atoms with van der Waals surface area (Å²) in [5.74, 6) is 0.362. The molecule has 48 heavy (non-hydrogen) atoms. The molecule has 1 fully saturated rings. The van der Waals surface area contributed by atoms with Gasteiger partial charge in [0.25, 0.3) is 0 Å². The van der Waals surface area contributed by atoms with Crippen LogP contribution in [-0.2, 0) is 4.74 Å². The van der Waals surface area contributed by atoms with Crippen molar-refractivity contribution in [3.05, 3.63) is 75.5 Å². The van der Waals surface area contributed by atoms with Crippen LogP contribution in [0.5, 0.6) is 5.75 Å².